The first-order valence-electron chi connectivity index (χ1n) is 12.8. The minimum Gasteiger partial charge on any atom is -0.507 e. The van der Waals surface area contributed by atoms with Crippen LogP contribution in [0, 0.1) is 6.92 Å². The van der Waals surface area contributed by atoms with Crippen molar-refractivity contribution >= 4 is 17.4 Å². The van der Waals surface area contributed by atoms with Crippen LogP contribution in [0.5, 0.6) is 11.5 Å². The molecule has 1 amide bonds. The Hall–Kier alpha value is -4.36. The average molecular weight is 527 g/mol. The maximum absolute atomic E-state index is 13.2. The van der Waals surface area contributed by atoms with Gasteiger partial charge in [0.25, 0.3) is 11.7 Å². The number of ketones is 1. The largest absolute Gasteiger partial charge is 0.507 e. The molecule has 0 radical (unpaired) electrons. The molecule has 4 rings (SSSR count). The van der Waals surface area contributed by atoms with Crippen LogP contribution in [-0.4, -0.2) is 60.4 Å². The first-order valence-corrected chi connectivity index (χ1v) is 12.8. The minimum absolute atomic E-state index is 0.0620. The third kappa shape index (κ3) is 6.56. The van der Waals surface area contributed by atoms with Crippen molar-refractivity contribution < 1.29 is 24.2 Å². The maximum Gasteiger partial charge on any atom is 0.295 e. The van der Waals surface area contributed by atoms with Gasteiger partial charge < -0.3 is 24.4 Å². The SMILES string of the molecule is C=CCOc1ccc(C2C(=C(O)c3ccc(OCc4cccc(C)c4)cc3)C(=O)C(=O)N2CCN(C)C)cc1. The number of carbonyl (C=O) groups excluding carboxylic acids is 2. The maximum atomic E-state index is 13.2. The second-order valence-corrected chi connectivity index (χ2v) is 9.77. The fraction of sp³-hybridized carbons (Fsp3) is 0.250. The number of aliphatic hydroxyl groups excluding tert-OH is 1. The number of amides is 1. The van der Waals surface area contributed by atoms with Gasteiger partial charge in [-0.2, -0.15) is 0 Å². The van der Waals surface area contributed by atoms with E-state index in [1.165, 1.54) is 4.90 Å². The van der Waals surface area contributed by atoms with Crippen molar-refractivity contribution in [3.8, 4) is 11.5 Å². The van der Waals surface area contributed by atoms with Gasteiger partial charge in [-0.25, -0.2) is 0 Å². The standard InChI is InChI=1S/C32H34N2O5/c1-5-19-38-26-13-9-24(10-14-26)29-28(31(36)32(37)34(29)18-17-33(3)4)30(35)25-11-15-27(16-12-25)39-21-23-8-6-7-22(2)20-23/h5-16,20,29,35H,1,17-19,21H2,2-4H3. The molecule has 0 saturated carbocycles. The Morgan fingerprint density at radius 1 is 1.00 bits per heavy atom. The van der Waals surface area contributed by atoms with E-state index in [4.69, 9.17) is 9.47 Å². The summed E-state index contributed by atoms with van der Waals surface area (Å²) < 4.78 is 11.5. The molecule has 3 aromatic carbocycles. The predicted octanol–water partition coefficient (Wildman–Crippen LogP) is 5.12. The Labute approximate surface area is 229 Å². The fourth-order valence-corrected chi connectivity index (χ4v) is 4.50. The van der Waals surface area contributed by atoms with E-state index in [0.717, 1.165) is 11.1 Å². The molecule has 39 heavy (non-hydrogen) atoms. The second-order valence-electron chi connectivity index (χ2n) is 9.77. The third-order valence-corrected chi connectivity index (χ3v) is 6.51. The topological polar surface area (TPSA) is 79.3 Å². The molecule has 0 bridgehead atoms. The van der Waals surface area contributed by atoms with Crippen LogP contribution in [-0.2, 0) is 16.2 Å². The monoisotopic (exact) mass is 526 g/mol. The van der Waals surface area contributed by atoms with Crippen LogP contribution in [0.25, 0.3) is 5.76 Å². The smallest absolute Gasteiger partial charge is 0.295 e. The van der Waals surface area contributed by atoms with Gasteiger partial charge in [-0.15, -0.1) is 0 Å². The molecule has 1 saturated heterocycles. The summed E-state index contributed by atoms with van der Waals surface area (Å²) in [5.41, 5.74) is 3.41. The van der Waals surface area contributed by atoms with E-state index in [1.54, 1.807) is 42.5 Å². The lowest BCUT2D eigenvalue weighted by atomic mass is 9.95. The van der Waals surface area contributed by atoms with Crippen LogP contribution in [0.15, 0.2) is 91.0 Å². The minimum atomic E-state index is -0.726. The molecule has 7 heteroatoms. The van der Waals surface area contributed by atoms with Crippen molar-refractivity contribution in [3.63, 3.8) is 0 Å². The number of hydrogen-bond acceptors (Lipinski definition) is 6. The van der Waals surface area contributed by atoms with Crippen LogP contribution in [0.1, 0.15) is 28.3 Å². The van der Waals surface area contributed by atoms with Crippen molar-refractivity contribution in [2.24, 2.45) is 0 Å². The highest BCUT2D eigenvalue weighted by Crippen LogP contribution is 2.40. The molecular weight excluding hydrogens is 492 g/mol. The highest BCUT2D eigenvalue weighted by atomic mass is 16.5. The van der Waals surface area contributed by atoms with E-state index in [9.17, 15) is 14.7 Å². The molecule has 1 N–H and O–H groups in total. The average Bonchev–Trinajstić information content (AvgIpc) is 3.19. The van der Waals surface area contributed by atoms with Gasteiger partial charge in [0, 0.05) is 18.7 Å². The zero-order valence-electron chi connectivity index (χ0n) is 22.6. The summed E-state index contributed by atoms with van der Waals surface area (Å²) in [6, 6.07) is 21.4. The quantitative estimate of drug-likeness (QED) is 0.162. The number of carbonyl (C=O) groups is 2. The molecule has 1 fully saturated rings. The van der Waals surface area contributed by atoms with Gasteiger partial charge >= 0.3 is 0 Å². The molecule has 1 atom stereocenters. The number of likely N-dealkylation sites (N-methyl/N-ethyl adjacent to an activating group) is 1. The summed E-state index contributed by atoms with van der Waals surface area (Å²) in [5.74, 6) is -0.282. The van der Waals surface area contributed by atoms with Gasteiger partial charge in [0.15, 0.2) is 0 Å². The Morgan fingerprint density at radius 3 is 2.31 bits per heavy atom. The fourth-order valence-electron chi connectivity index (χ4n) is 4.50. The van der Waals surface area contributed by atoms with E-state index < -0.39 is 17.7 Å². The molecule has 0 aromatic heterocycles. The van der Waals surface area contributed by atoms with Crippen LogP contribution < -0.4 is 9.47 Å². The number of benzene rings is 3. The van der Waals surface area contributed by atoms with Gasteiger partial charge in [0.2, 0.25) is 0 Å². The molecule has 1 aliphatic rings. The molecule has 1 heterocycles. The van der Waals surface area contributed by atoms with Gasteiger partial charge in [-0.3, -0.25) is 9.59 Å². The Bertz CT molecular complexity index is 1360. The van der Waals surface area contributed by atoms with Crippen molar-refractivity contribution in [1.82, 2.24) is 9.80 Å². The number of hydrogen-bond donors (Lipinski definition) is 1. The molecule has 1 unspecified atom stereocenters. The zero-order chi connectivity index (χ0) is 27.9. The van der Waals surface area contributed by atoms with Crippen LogP contribution in [0.4, 0.5) is 0 Å². The number of aryl methyl sites for hydroxylation is 1. The van der Waals surface area contributed by atoms with Crippen molar-refractivity contribution in [3.05, 3.63) is 113 Å². The number of nitrogens with zero attached hydrogens (tertiary/aromatic N) is 2. The highest BCUT2D eigenvalue weighted by Gasteiger charge is 2.45. The van der Waals surface area contributed by atoms with E-state index in [1.807, 2.05) is 56.3 Å². The summed E-state index contributed by atoms with van der Waals surface area (Å²) in [6.07, 6.45) is 1.66. The second kappa shape index (κ2) is 12.5. The van der Waals surface area contributed by atoms with Gasteiger partial charge in [0.1, 0.15) is 30.5 Å². The lowest BCUT2D eigenvalue weighted by Gasteiger charge is -2.26. The number of aliphatic hydroxyl groups is 1. The first-order chi connectivity index (χ1) is 18.8. The van der Waals surface area contributed by atoms with Gasteiger partial charge in [-0.05, 0) is 68.5 Å². The van der Waals surface area contributed by atoms with Crippen LogP contribution in [0.2, 0.25) is 0 Å². The van der Waals surface area contributed by atoms with Crippen LogP contribution in [0.3, 0.4) is 0 Å². The van der Waals surface area contributed by atoms with E-state index >= 15 is 0 Å². The third-order valence-electron chi connectivity index (χ3n) is 6.51. The predicted molar refractivity (Wildman–Crippen MR) is 152 cm³/mol. The molecule has 0 spiro atoms. The first kappa shape index (κ1) is 27.7. The molecule has 7 nitrogen and oxygen atoms in total. The molecule has 3 aromatic rings. The summed E-state index contributed by atoms with van der Waals surface area (Å²) >= 11 is 0. The van der Waals surface area contributed by atoms with Gasteiger partial charge in [0.05, 0.1) is 11.6 Å². The lowest BCUT2D eigenvalue weighted by Crippen LogP contribution is -2.35. The molecule has 1 aliphatic heterocycles. The van der Waals surface area contributed by atoms with Crippen molar-refractivity contribution in [2.45, 2.75) is 19.6 Å². The van der Waals surface area contributed by atoms with Crippen molar-refractivity contribution in [1.29, 1.82) is 0 Å². The number of Topliss-reactive ketones (excluding diaryl/α,β-unsaturated/α-hetero) is 1. The number of ether oxygens (including phenoxy) is 2. The van der Waals surface area contributed by atoms with E-state index in [2.05, 4.69) is 12.6 Å². The van der Waals surface area contributed by atoms with Gasteiger partial charge in [-0.1, -0.05) is 54.6 Å². The molecule has 202 valence electrons. The summed E-state index contributed by atoms with van der Waals surface area (Å²) in [6.45, 7) is 7.37. The summed E-state index contributed by atoms with van der Waals surface area (Å²) in [4.78, 5) is 29.8. The molecule has 0 aliphatic carbocycles. The number of rotatable bonds is 11. The normalized spacial score (nSPS) is 16.5. The number of likely N-dealkylation sites (tertiary alicyclic amines) is 1. The Balaban J connectivity index is 1.63. The molecular formula is C32H34N2O5. The van der Waals surface area contributed by atoms with Crippen LogP contribution >= 0.6 is 0 Å². The summed E-state index contributed by atoms with van der Waals surface area (Å²) in [5, 5.41) is 11.3. The van der Waals surface area contributed by atoms with E-state index in [0.29, 0.717) is 48.9 Å². The summed E-state index contributed by atoms with van der Waals surface area (Å²) in [7, 11) is 3.81. The van der Waals surface area contributed by atoms with E-state index in [-0.39, 0.29) is 11.3 Å². The lowest BCUT2D eigenvalue weighted by molar-refractivity contribution is -0.140. The highest BCUT2D eigenvalue weighted by molar-refractivity contribution is 6.46. The Morgan fingerprint density at radius 2 is 1.67 bits per heavy atom. The van der Waals surface area contributed by atoms with Crippen molar-refractivity contribution in [2.75, 3.05) is 33.8 Å². The zero-order valence-corrected chi connectivity index (χ0v) is 22.6. The Kier molecular flexibility index (Phi) is 8.84.